The van der Waals surface area contributed by atoms with Gasteiger partial charge in [0.2, 0.25) is 0 Å². The number of carbonyl (C=O) groups is 1. The fraction of sp³-hybridized carbons (Fsp3) is 0. The minimum atomic E-state index is -0.941. The van der Waals surface area contributed by atoms with Gasteiger partial charge < -0.3 is 5.11 Å². The minimum Gasteiger partial charge on any atom is -0.478 e. The summed E-state index contributed by atoms with van der Waals surface area (Å²) in [5.74, 6) is -0.941. The molecule has 0 aliphatic rings. The second-order valence-electron chi connectivity index (χ2n) is 1.32. The van der Waals surface area contributed by atoms with Gasteiger partial charge in [0.1, 0.15) is 0 Å². The molecule has 0 spiro atoms. The van der Waals surface area contributed by atoms with Crippen molar-refractivity contribution in [2.45, 2.75) is 0 Å². The molecule has 0 saturated heterocycles. The van der Waals surface area contributed by atoms with Gasteiger partial charge in [0.15, 0.2) is 0 Å². The molecule has 0 aliphatic heterocycles. The molecule has 0 amide bonds. The van der Waals surface area contributed by atoms with Crippen LogP contribution >= 0.6 is 0 Å². The Morgan fingerprint density at radius 3 is 2.44 bits per heavy atom. The second kappa shape index (κ2) is 4.84. The van der Waals surface area contributed by atoms with Crippen LogP contribution in [0.15, 0.2) is 37.0 Å². The van der Waals surface area contributed by atoms with Crippen LogP contribution in [0.25, 0.3) is 0 Å². The lowest BCUT2D eigenvalue weighted by atomic mass is 10.4. The highest BCUT2D eigenvalue weighted by Gasteiger charge is 1.78. The van der Waals surface area contributed by atoms with Crippen LogP contribution in [0, 0.1) is 0 Å². The molecule has 48 valence electrons. The van der Waals surface area contributed by atoms with E-state index in [0.29, 0.717) is 0 Å². The number of allylic oxidation sites excluding steroid dienone is 4. The van der Waals surface area contributed by atoms with E-state index in [0.717, 1.165) is 6.08 Å². The molecular formula is C7H8O2. The highest BCUT2D eigenvalue weighted by molar-refractivity contribution is 5.80. The van der Waals surface area contributed by atoms with Crippen molar-refractivity contribution in [3.63, 3.8) is 0 Å². The van der Waals surface area contributed by atoms with Crippen molar-refractivity contribution in [3.05, 3.63) is 37.0 Å². The molecule has 1 N–H and O–H groups in total. The lowest BCUT2D eigenvalue weighted by molar-refractivity contribution is -0.131. The molecule has 0 atom stereocenters. The predicted octanol–water partition coefficient (Wildman–Crippen LogP) is 1.37. The Labute approximate surface area is 53.8 Å². The third-order valence-electron chi connectivity index (χ3n) is 0.597. The van der Waals surface area contributed by atoms with Gasteiger partial charge >= 0.3 is 5.97 Å². The van der Waals surface area contributed by atoms with Crippen LogP contribution in [0.4, 0.5) is 0 Å². The van der Waals surface area contributed by atoms with E-state index in [4.69, 9.17) is 5.11 Å². The third kappa shape index (κ3) is 6.69. The molecular weight excluding hydrogens is 116 g/mol. The van der Waals surface area contributed by atoms with Gasteiger partial charge in [0.05, 0.1) is 0 Å². The lowest BCUT2D eigenvalue weighted by Crippen LogP contribution is -1.83. The van der Waals surface area contributed by atoms with Gasteiger partial charge in [-0.2, -0.15) is 0 Å². The summed E-state index contributed by atoms with van der Waals surface area (Å²) in [4.78, 5) is 9.82. The standard InChI is InChI=1S/C7H8O2/c1-2-3-4-5-6-7(8)9/h2-6H,1H2,(H,8,9). The van der Waals surface area contributed by atoms with Crippen LogP contribution in [0.3, 0.4) is 0 Å². The Kier molecular flexibility index (Phi) is 4.14. The van der Waals surface area contributed by atoms with Crippen LogP contribution < -0.4 is 0 Å². The molecule has 0 aromatic carbocycles. The van der Waals surface area contributed by atoms with Crippen LogP contribution in [0.1, 0.15) is 0 Å². The Balaban J connectivity index is 3.59. The second-order valence-corrected chi connectivity index (χ2v) is 1.32. The smallest absolute Gasteiger partial charge is 0.328 e. The van der Waals surface area contributed by atoms with Crippen molar-refractivity contribution in [1.82, 2.24) is 0 Å². The number of rotatable bonds is 3. The maximum absolute atomic E-state index is 9.82. The average molecular weight is 124 g/mol. The number of hydrogen-bond acceptors (Lipinski definition) is 1. The summed E-state index contributed by atoms with van der Waals surface area (Å²) in [5, 5.41) is 8.07. The van der Waals surface area contributed by atoms with E-state index in [1.54, 1.807) is 18.2 Å². The van der Waals surface area contributed by atoms with Crippen molar-refractivity contribution in [3.8, 4) is 0 Å². The molecule has 0 heterocycles. The molecule has 2 nitrogen and oxygen atoms in total. The summed E-state index contributed by atoms with van der Waals surface area (Å²) < 4.78 is 0. The van der Waals surface area contributed by atoms with E-state index in [9.17, 15) is 4.79 Å². The lowest BCUT2D eigenvalue weighted by Gasteiger charge is -1.72. The maximum atomic E-state index is 9.82. The zero-order chi connectivity index (χ0) is 7.11. The summed E-state index contributed by atoms with van der Waals surface area (Å²) in [5.41, 5.74) is 0. The zero-order valence-electron chi connectivity index (χ0n) is 4.95. The number of aliphatic carboxylic acids is 1. The largest absolute Gasteiger partial charge is 0.478 e. The normalized spacial score (nSPS) is 10.7. The molecule has 0 bridgehead atoms. The molecule has 0 saturated carbocycles. The Morgan fingerprint density at radius 1 is 1.33 bits per heavy atom. The van der Waals surface area contributed by atoms with Crippen LogP contribution in [0.2, 0.25) is 0 Å². The van der Waals surface area contributed by atoms with E-state index < -0.39 is 5.97 Å². The first-order valence-corrected chi connectivity index (χ1v) is 2.46. The number of carboxylic acid groups (broad SMARTS) is 1. The molecule has 0 radical (unpaired) electrons. The van der Waals surface area contributed by atoms with E-state index in [1.165, 1.54) is 6.08 Å². The summed E-state index contributed by atoms with van der Waals surface area (Å²) in [6, 6.07) is 0. The highest BCUT2D eigenvalue weighted by atomic mass is 16.4. The molecule has 0 aromatic rings. The summed E-state index contributed by atoms with van der Waals surface area (Å²) >= 11 is 0. The summed E-state index contributed by atoms with van der Waals surface area (Å²) in [6.07, 6.45) is 7.32. The topological polar surface area (TPSA) is 37.3 Å². The van der Waals surface area contributed by atoms with Gasteiger partial charge in [-0.1, -0.05) is 30.9 Å². The molecule has 0 unspecified atom stereocenters. The van der Waals surface area contributed by atoms with Crippen LogP contribution in [0.5, 0.6) is 0 Å². The number of hydrogen-bond donors (Lipinski definition) is 1. The highest BCUT2D eigenvalue weighted by Crippen LogP contribution is 1.76. The Morgan fingerprint density at radius 2 is 2.00 bits per heavy atom. The van der Waals surface area contributed by atoms with Crippen LogP contribution in [-0.2, 0) is 4.79 Å². The van der Waals surface area contributed by atoms with Crippen molar-refractivity contribution in [2.24, 2.45) is 0 Å². The molecule has 0 aliphatic carbocycles. The van der Waals surface area contributed by atoms with Gasteiger partial charge in [-0.3, -0.25) is 0 Å². The van der Waals surface area contributed by atoms with E-state index in [1.807, 2.05) is 0 Å². The first-order valence-electron chi connectivity index (χ1n) is 2.46. The average Bonchev–Trinajstić information content (AvgIpc) is 1.80. The van der Waals surface area contributed by atoms with Crippen molar-refractivity contribution in [1.29, 1.82) is 0 Å². The summed E-state index contributed by atoms with van der Waals surface area (Å²) in [6.45, 7) is 3.41. The van der Waals surface area contributed by atoms with Crippen molar-refractivity contribution >= 4 is 5.97 Å². The first-order chi connectivity index (χ1) is 4.27. The van der Waals surface area contributed by atoms with E-state index in [2.05, 4.69) is 6.58 Å². The zero-order valence-corrected chi connectivity index (χ0v) is 4.95. The van der Waals surface area contributed by atoms with E-state index >= 15 is 0 Å². The van der Waals surface area contributed by atoms with Gasteiger partial charge in [0, 0.05) is 6.08 Å². The van der Waals surface area contributed by atoms with Gasteiger partial charge in [-0.05, 0) is 0 Å². The fourth-order valence-corrected chi connectivity index (χ4v) is 0.281. The van der Waals surface area contributed by atoms with Gasteiger partial charge in [0.25, 0.3) is 0 Å². The molecule has 0 fully saturated rings. The minimum absolute atomic E-state index is 0.941. The Hall–Kier alpha value is -1.31. The monoisotopic (exact) mass is 124 g/mol. The van der Waals surface area contributed by atoms with Gasteiger partial charge in [-0.25, -0.2) is 4.79 Å². The quantitative estimate of drug-likeness (QED) is 0.455. The van der Waals surface area contributed by atoms with Crippen LogP contribution in [-0.4, -0.2) is 11.1 Å². The molecule has 0 rings (SSSR count). The predicted molar refractivity (Wildman–Crippen MR) is 36.1 cm³/mol. The molecule has 0 aromatic heterocycles. The van der Waals surface area contributed by atoms with Gasteiger partial charge in [-0.15, -0.1) is 0 Å². The van der Waals surface area contributed by atoms with Crippen molar-refractivity contribution in [2.75, 3.05) is 0 Å². The van der Waals surface area contributed by atoms with E-state index in [-0.39, 0.29) is 0 Å². The Bertz CT molecular complexity index is 154. The number of carboxylic acids is 1. The SMILES string of the molecule is C=CC=CC=CC(=O)O. The molecule has 2 heteroatoms. The summed E-state index contributed by atoms with van der Waals surface area (Å²) in [7, 11) is 0. The molecule has 9 heavy (non-hydrogen) atoms. The fourth-order valence-electron chi connectivity index (χ4n) is 0.281. The van der Waals surface area contributed by atoms with Crippen molar-refractivity contribution < 1.29 is 9.90 Å². The third-order valence-corrected chi connectivity index (χ3v) is 0.597. The first kappa shape index (κ1) is 7.69. The maximum Gasteiger partial charge on any atom is 0.328 e.